The van der Waals surface area contributed by atoms with E-state index in [2.05, 4.69) is 36.9 Å². The lowest BCUT2D eigenvalue weighted by atomic mass is 9.74. The lowest BCUT2D eigenvalue weighted by Gasteiger charge is -2.38. The third-order valence-corrected chi connectivity index (χ3v) is 4.85. The Bertz CT molecular complexity index is 127. The summed E-state index contributed by atoms with van der Waals surface area (Å²) < 4.78 is 0. The first-order chi connectivity index (χ1) is 6.66. The van der Waals surface area contributed by atoms with Gasteiger partial charge >= 0.3 is 0 Å². The van der Waals surface area contributed by atoms with Crippen molar-refractivity contribution < 1.29 is 0 Å². The molecule has 14 heavy (non-hydrogen) atoms. The second kappa shape index (κ2) is 7.69. The zero-order valence-electron chi connectivity index (χ0n) is 10.6. The van der Waals surface area contributed by atoms with Gasteiger partial charge in [0.15, 0.2) is 0 Å². The van der Waals surface area contributed by atoms with Crippen molar-refractivity contribution in [2.24, 2.45) is 5.41 Å². The van der Waals surface area contributed by atoms with Gasteiger partial charge in [0.05, 0.1) is 0 Å². The summed E-state index contributed by atoms with van der Waals surface area (Å²) in [5, 5.41) is 0. The first-order valence-corrected chi connectivity index (χ1v) is 7.09. The van der Waals surface area contributed by atoms with E-state index in [1.54, 1.807) is 0 Å². The smallest absolute Gasteiger partial charge is 0.0208 e. The molecule has 0 aliphatic heterocycles. The van der Waals surface area contributed by atoms with Gasteiger partial charge in [-0.1, -0.05) is 47.0 Å². The van der Waals surface area contributed by atoms with Crippen LogP contribution in [0.2, 0.25) is 0 Å². The van der Waals surface area contributed by atoms with E-state index in [1.807, 2.05) is 0 Å². The molecule has 86 valence electrons. The van der Waals surface area contributed by atoms with Crippen molar-refractivity contribution in [3.8, 4) is 0 Å². The maximum absolute atomic E-state index is 3.12. The molecule has 0 bridgehead atoms. The third-order valence-electron chi connectivity index (χ3n) is 3.81. The normalized spacial score (nSPS) is 14.4. The van der Waals surface area contributed by atoms with Crippen molar-refractivity contribution in [1.82, 2.24) is 0 Å². The molecular formula is C13H29P. The van der Waals surface area contributed by atoms with Crippen LogP contribution in [0.3, 0.4) is 0 Å². The first-order valence-electron chi connectivity index (χ1n) is 6.42. The first kappa shape index (κ1) is 14.4. The molecule has 0 spiro atoms. The fourth-order valence-corrected chi connectivity index (χ4v) is 3.42. The summed E-state index contributed by atoms with van der Waals surface area (Å²) in [5.41, 5.74) is 1.44. The van der Waals surface area contributed by atoms with Crippen LogP contribution in [-0.4, -0.2) is 5.66 Å². The van der Waals surface area contributed by atoms with Crippen molar-refractivity contribution in [2.45, 2.75) is 78.3 Å². The van der Waals surface area contributed by atoms with Gasteiger partial charge in [0, 0.05) is 0 Å². The van der Waals surface area contributed by atoms with Crippen LogP contribution in [0.4, 0.5) is 0 Å². The molecule has 0 aromatic heterocycles. The molecule has 0 N–H and O–H groups in total. The van der Waals surface area contributed by atoms with Crippen LogP contribution in [0.1, 0.15) is 72.6 Å². The Labute approximate surface area is 93.4 Å². The molecule has 0 aromatic carbocycles. The van der Waals surface area contributed by atoms with Gasteiger partial charge in [0.2, 0.25) is 0 Å². The molecule has 0 rings (SSSR count). The summed E-state index contributed by atoms with van der Waals surface area (Å²) >= 11 is 0. The molecule has 0 aromatic rings. The van der Waals surface area contributed by atoms with E-state index >= 15 is 0 Å². The van der Waals surface area contributed by atoms with Gasteiger partial charge in [0.25, 0.3) is 0 Å². The fourth-order valence-electron chi connectivity index (χ4n) is 2.54. The molecule has 0 amide bonds. The lowest BCUT2D eigenvalue weighted by Crippen LogP contribution is -2.29. The monoisotopic (exact) mass is 216 g/mol. The highest BCUT2D eigenvalue weighted by molar-refractivity contribution is 7.17. The summed E-state index contributed by atoms with van der Waals surface area (Å²) in [6, 6.07) is 0. The summed E-state index contributed by atoms with van der Waals surface area (Å²) in [6.07, 6.45) is 9.53. The van der Waals surface area contributed by atoms with E-state index in [0.29, 0.717) is 5.41 Å². The quantitative estimate of drug-likeness (QED) is 0.499. The Morgan fingerprint density at radius 3 is 1.93 bits per heavy atom. The average Bonchev–Trinajstić information content (AvgIpc) is 2.22. The Morgan fingerprint density at radius 1 is 1.00 bits per heavy atom. The molecule has 0 aliphatic rings. The SMILES string of the molecule is CCCCC(P)C(CC)(CC)CCC. The highest BCUT2D eigenvalue weighted by Gasteiger charge is 2.31. The van der Waals surface area contributed by atoms with Crippen molar-refractivity contribution in [3.05, 3.63) is 0 Å². The maximum atomic E-state index is 3.12. The third kappa shape index (κ3) is 3.89. The van der Waals surface area contributed by atoms with E-state index < -0.39 is 0 Å². The number of rotatable bonds is 8. The molecule has 0 saturated heterocycles. The topological polar surface area (TPSA) is 0 Å². The van der Waals surface area contributed by atoms with E-state index in [0.717, 1.165) is 5.66 Å². The minimum absolute atomic E-state index is 0.606. The van der Waals surface area contributed by atoms with E-state index in [9.17, 15) is 0 Å². The van der Waals surface area contributed by atoms with Gasteiger partial charge in [-0.2, -0.15) is 0 Å². The maximum Gasteiger partial charge on any atom is -0.0208 e. The van der Waals surface area contributed by atoms with Gasteiger partial charge in [-0.15, -0.1) is 9.24 Å². The average molecular weight is 216 g/mol. The Kier molecular flexibility index (Phi) is 7.92. The molecule has 1 heteroatoms. The summed E-state index contributed by atoms with van der Waals surface area (Å²) in [6.45, 7) is 9.33. The van der Waals surface area contributed by atoms with Crippen molar-refractivity contribution in [1.29, 1.82) is 0 Å². The molecule has 0 radical (unpaired) electrons. The zero-order chi connectivity index (χ0) is 11.0. The van der Waals surface area contributed by atoms with Crippen molar-refractivity contribution in [2.75, 3.05) is 0 Å². The van der Waals surface area contributed by atoms with Crippen molar-refractivity contribution >= 4 is 9.24 Å². The fraction of sp³-hybridized carbons (Fsp3) is 1.00. The van der Waals surface area contributed by atoms with E-state index in [1.165, 1.54) is 44.9 Å². The van der Waals surface area contributed by atoms with Crippen LogP contribution in [0, 0.1) is 5.41 Å². The molecule has 2 unspecified atom stereocenters. The van der Waals surface area contributed by atoms with Gasteiger partial charge < -0.3 is 0 Å². The standard InChI is InChI=1S/C13H29P/c1-5-9-10-12(14)13(7-3,8-4)11-6-2/h12H,5-11,14H2,1-4H3. The second-order valence-corrected chi connectivity index (χ2v) is 5.37. The molecule has 0 nitrogen and oxygen atoms in total. The minimum Gasteiger partial charge on any atom is -0.134 e. The lowest BCUT2D eigenvalue weighted by molar-refractivity contribution is 0.218. The van der Waals surface area contributed by atoms with Crippen LogP contribution >= 0.6 is 9.24 Å². The molecular weight excluding hydrogens is 187 g/mol. The minimum atomic E-state index is 0.606. The highest BCUT2D eigenvalue weighted by atomic mass is 31.0. The molecule has 0 saturated carbocycles. The molecule has 0 heterocycles. The Hall–Kier alpha value is 0.430. The Balaban J connectivity index is 4.28. The van der Waals surface area contributed by atoms with Gasteiger partial charge in [0.1, 0.15) is 0 Å². The van der Waals surface area contributed by atoms with Crippen LogP contribution in [0.15, 0.2) is 0 Å². The van der Waals surface area contributed by atoms with E-state index in [4.69, 9.17) is 0 Å². The molecule has 0 aliphatic carbocycles. The van der Waals surface area contributed by atoms with Crippen molar-refractivity contribution in [3.63, 3.8) is 0 Å². The summed E-state index contributed by atoms with van der Waals surface area (Å²) in [7, 11) is 3.12. The van der Waals surface area contributed by atoms with E-state index in [-0.39, 0.29) is 0 Å². The molecule has 2 atom stereocenters. The van der Waals surface area contributed by atoms with Gasteiger partial charge in [-0.05, 0) is 36.8 Å². The highest BCUT2D eigenvalue weighted by Crippen LogP contribution is 2.42. The predicted molar refractivity (Wildman–Crippen MR) is 70.9 cm³/mol. The Morgan fingerprint density at radius 2 is 1.57 bits per heavy atom. The summed E-state index contributed by atoms with van der Waals surface area (Å²) in [4.78, 5) is 0. The number of hydrogen-bond acceptors (Lipinski definition) is 0. The van der Waals surface area contributed by atoms with Gasteiger partial charge in [-0.3, -0.25) is 0 Å². The predicted octanol–water partition coefficient (Wildman–Crippen LogP) is 5.03. The zero-order valence-corrected chi connectivity index (χ0v) is 11.8. The second-order valence-electron chi connectivity index (χ2n) is 4.57. The largest absolute Gasteiger partial charge is 0.134 e. The van der Waals surface area contributed by atoms with Gasteiger partial charge in [-0.25, -0.2) is 0 Å². The van der Waals surface area contributed by atoms with Crippen LogP contribution in [0.5, 0.6) is 0 Å². The van der Waals surface area contributed by atoms with Crippen LogP contribution in [0.25, 0.3) is 0 Å². The van der Waals surface area contributed by atoms with Crippen LogP contribution in [-0.2, 0) is 0 Å². The number of unbranched alkanes of at least 4 members (excludes halogenated alkanes) is 1. The molecule has 0 fully saturated rings. The summed E-state index contributed by atoms with van der Waals surface area (Å²) in [5.74, 6) is 0. The van der Waals surface area contributed by atoms with Crippen LogP contribution < -0.4 is 0 Å². The number of hydrogen-bond donors (Lipinski definition) is 0.